The van der Waals surface area contributed by atoms with Crippen molar-refractivity contribution in [3.05, 3.63) is 34.3 Å². The fraction of sp³-hybridized carbons (Fsp3) is 0.478. The highest BCUT2D eigenvalue weighted by molar-refractivity contribution is 6.40. The van der Waals surface area contributed by atoms with Crippen LogP contribution in [0.5, 0.6) is 0 Å². The van der Waals surface area contributed by atoms with Gasteiger partial charge in [-0.3, -0.25) is 14.4 Å². The fourth-order valence-corrected chi connectivity index (χ4v) is 4.60. The normalized spacial score (nSPS) is 19.2. The quantitative estimate of drug-likeness (QED) is 0.313. The Balaban J connectivity index is 2.16. The molecule has 13 heteroatoms. The molecule has 9 nitrogen and oxygen atoms in total. The molecule has 0 aromatic heterocycles. The summed E-state index contributed by atoms with van der Waals surface area (Å²) in [7, 11) is 0. The van der Waals surface area contributed by atoms with E-state index in [-0.39, 0.29) is 27.3 Å². The molecular formula is C23H28Cl2F2N4O5. The second kappa shape index (κ2) is 12.0. The minimum Gasteiger partial charge on any atom is -0.481 e. The van der Waals surface area contributed by atoms with Crippen molar-refractivity contribution in [2.45, 2.75) is 63.7 Å². The number of aldehydes is 1. The molecule has 0 bridgehead atoms. The number of benzene rings is 1. The van der Waals surface area contributed by atoms with Crippen LogP contribution >= 0.6 is 23.2 Å². The van der Waals surface area contributed by atoms with E-state index in [1.807, 2.05) is 0 Å². The van der Waals surface area contributed by atoms with Crippen molar-refractivity contribution in [2.75, 3.05) is 11.9 Å². The highest BCUT2D eigenvalue weighted by Gasteiger charge is 2.49. The lowest BCUT2D eigenvalue weighted by atomic mass is 10.0. The van der Waals surface area contributed by atoms with Gasteiger partial charge in [0, 0.05) is 30.6 Å². The van der Waals surface area contributed by atoms with E-state index < -0.39 is 61.4 Å². The van der Waals surface area contributed by atoms with E-state index in [4.69, 9.17) is 28.3 Å². The van der Waals surface area contributed by atoms with Crippen molar-refractivity contribution in [1.82, 2.24) is 15.5 Å². The van der Waals surface area contributed by atoms with Crippen LogP contribution in [-0.4, -0.2) is 70.7 Å². The summed E-state index contributed by atoms with van der Waals surface area (Å²) in [6.07, 6.45) is -0.769. The zero-order valence-corrected chi connectivity index (χ0v) is 21.4. The van der Waals surface area contributed by atoms with Crippen molar-refractivity contribution in [1.29, 1.82) is 0 Å². The Bertz CT molecular complexity index is 1030. The highest BCUT2D eigenvalue weighted by atomic mass is 35.5. The minimum absolute atomic E-state index is 0.139. The molecule has 4 N–H and O–H groups in total. The molecule has 0 aliphatic carbocycles. The van der Waals surface area contributed by atoms with Crippen LogP contribution < -0.4 is 16.0 Å². The second-order valence-electron chi connectivity index (χ2n) is 8.73. The average molecular weight is 549 g/mol. The van der Waals surface area contributed by atoms with Gasteiger partial charge in [-0.05, 0) is 26.0 Å². The monoisotopic (exact) mass is 548 g/mol. The van der Waals surface area contributed by atoms with Crippen LogP contribution in [0.25, 0.3) is 5.70 Å². The molecule has 1 saturated heterocycles. The van der Waals surface area contributed by atoms with E-state index in [0.717, 1.165) is 4.90 Å². The maximum atomic E-state index is 14.3. The van der Waals surface area contributed by atoms with Crippen LogP contribution in [0.15, 0.2) is 18.7 Å². The standard InChI is InChI=1S/C23H28Cl2F2N4O5/c1-11(15-5-17(24)21(18(25)6-15)30-14(4)33)28-13(3)22(36)31-10-23(26,27)8-19(31)12(2)29-16(9-32)7-20(34)35/h5-6,9,12-13,16,19,28-29H,1,7-8,10H2,2-4H3,(H,30,33)(H,34,35)/t12?,13-,16-,19?/m0/s1. The van der Waals surface area contributed by atoms with Crippen molar-refractivity contribution >= 4 is 58.7 Å². The van der Waals surface area contributed by atoms with Crippen LogP contribution in [0.4, 0.5) is 14.5 Å². The third kappa shape index (κ3) is 7.62. The Hall–Kier alpha value is -2.76. The molecule has 0 spiro atoms. The van der Waals surface area contributed by atoms with Crippen LogP contribution in [0, 0.1) is 0 Å². The molecule has 1 aromatic rings. The first-order chi connectivity index (χ1) is 16.6. The number of carboxylic acid groups (broad SMARTS) is 1. The number of amides is 2. The molecule has 1 fully saturated rings. The molecule has 2 amide bonds. The molecule has 2 unspecified atom stereocenters. The SMILES string of the molecule is C=C(N[C@@H](C)C(=O)N1CC(F)(F)CC1C(C)N[C@H](C=O)CC(=O)O)c1cc(Cl)c(NC(C)=O)c(Cl)c1. The number of rotatable bonds is 11. The topological polar surface area (TPSA) is 128 Å². The number of carboxylic acids is 1. The Morgan fingerprint density at radius 1 is 1.28 bits per heavy atom. The van der Waals surface area contributed by atoms with E-state index >= 15 is 0 Å². The molecule has 36 heavy (non-hydrogen) atoms. The van der Waals surface area contributed by atoms with Crippen molar-refractivity contribution in [2.24, 2.45) is 0 Å². The first-order valence-electron chi connectivity index (χ1n) is 11.0. The summed E-state index contributed by atoms with van der Waals surface area (Å²) >= 11 is 12.4. The largest absolute Gasteiger partial charge is 0.481 e. The maximum Gasteiger partial charge on any atom is 0.305 e. The van der Waals surface area contributed by atoms with Gasteiger partial charge in [0.05, 0.1) is 40.8 Å². The van der Waals surface area contributed by atoms with E-state index in [0.29, 0.717) is 11.8 Å². The summed E-state index contributed by atoms with van der Waals surface area (Å²) in [6, 6.07) is -0.880. The number of halogens is 4. The van der Waals surface area contributed by atoms with Gasteiger partial charge in [0.15, 0.2) is 0 Å². The zero-order chi connectivity index (χ0) is 27.4. The molecule has 2 rings (SSSR count). The molecule has 1 aliphatic heterocycles. The summed E-state index contributed by atoms with van der Waals surface area (Å²) in [5, 5.41) is 17.3. The Kier molecular flexibility index (Phi) is 9.81. The number of carbonyl (C=O) groups is 4. The highest BCUT2D eigenvalue weighted by Crippen LogP contribution is 2.35. The number of nitrogens with zero attached hydrogens (tertiary/aromatic N) is 1. The lowest BCUT2D eigenvalue weighted by Crippen LogP contribution is -2.54. The third-order valence-corrected chi connectivity index (χ3v) is 6.25. The van der Waals surface area contributed by atoms with Crippen LogP contribution in [0.2, 0.25) is 10.0 Å². The molecule has 0 radical (unpaired) electrons. The van der Waals surface area contributed by atoms with E-state index in [1.165, 1.54) is 32.9 Å². The predicted octanol–water partition coefficient (Wildman–Crippen LogP) is 3.16. The number of likely N-dealkylation sites (tertiary alicyclic amines) is 1. The fourth-order valence-electron chi connectivity index (χ4n) is 4.02. The summed E-state index contributed by atoms with van der Waals surface area (Å²) in [4.78, 5) is 47.6. The molecule has 1 heterocycles. The molecule has 1 aliphatic rings. The first-order valence-corrected chi connectivity index (χ1v) is 11.7. The molecular weight excluding hydrogens is 521 g/mol. The first kappa shape index (κ1) is 29.5. The number of carbonyl (C=O) groups excluding carboxylic acids is 3. The molecule has 198 valence electrons. The number of alkyl halides is 2. The molecule has 1 aromatic carbocycles. The Morgan fingerprint density at radius 3 is 2.36 bits per heavy atom. The van der Waals surface area contributed by atoms with Crippen molar-refractivity contribution < 1.29 is 33.1 Å². The lowest BCUT2D eigenvalue weighted by Gasteiger charge is -2.33. The summed E-state index contributed by atoms with van der Waals surface area (Å²) in [5.74, 6) is -5.39. The van der Waals surface area contributed by atoms with Crippen LogP contribution in [-0.2, 0) is 19.2 Å². The van der Waals surface area contributed by atoms with Gasteiger partial charge in [0.1, 0.15) is 12.3 Å². The van der Waals surface area contributed by atoms with E-state index in [2.05, 4.69) is 22.5 Å². The van der Waals surface area contributed by atoms with Crippen molar-refractivity contribution in [3.63, 3.8) is 0 Å². The number of hydrogen-bond acceptors (Lipinski definition) is 6. The van der Waals surface area contributed by atoms with Gasteiger partial charge >= 0.3 is 5.97 Å². The second-order valence-corrected chi connectivity index (χ2v) is 9.54. The van der Waals surface area contributed by atoms with E-state index in [9.17, 15) is 28.0 Å². The number of hydrogen-bond donors (Lipinski definition) is 4. The lowest BCUT2D eigenvalue weighted by molar-refractivity contribution is -0.139. The summed E-state index contributed by atoms with van der Waals surface area (Å²) in [6.45, 7) is 7.33. The molecule has 4 atom stereocenters. The van der Waals surface area contributed by atoms with Crippen molar-refractivity contribution in [3.8, 4) is 0 Å². The van der Waals surface area contributed by atoms with Crippen LogP contribution in [0.1, 0.15) is 39.2 Å². The van der Waals surface area contributed by atoms with Gasteiger partial charge in [-0.2, -0.15) is 0 Å². The number of nitrogens with one attached hydrogen (secondary N) is 3. The minimum atomic E-state index is -3.16. The van der Waals surface area contributed by atoms with Gasteiger partial charge in [-0.15, -0.1) is 0 Å². The van der Waals surface area contributed by atoms with E-state index in [1.54, 1.807) is 0 Å². The Labute approximate surface area is 217 Å². The summed E-state index contributed by atoms with van der Waals surface area (Å²) in [5.41, 5.74) is 0.872. The number of aliphatic carboxylic acids is 1. The predicted molar refractivity (Wildman–Crippen MR) is 132 cm³/mol. The zero-order valence-electron chi connectivity index (χ0n) is 19.9. The molecule has 0 saturated carbocycles. The van der Waals surface area contributed by atoms with Gasteiger partial charge in [0.2, 0.25) is 11.8 Å². The average Bonchev–Trinajstić information content (AvgIpc) is 3.09. The summed E-state index contributed by atoms with van der Waals surface area (Å²) < 4.78 is 28.6. The van der Waals surface area contributed by atoms with Gasteiger partial charge in [0.25, 0.3) is 5.92 Å². The number of anilines is 1. The smallest absolute Gasteiger partial charge is 0.305 e. The van der Waals surface area contributed by atoms with Gasteiger partial charge < -0.3 is 30.8 Å². The maximum absolute atomic E-state index is 14.3. The Morgan fingerprint density at radius 2 is 1.86 bits per heavy atom. The van der Waals surface area contributed by atoms with Gasteiger partial charge in [-0.25, -0.2) is 8.78 Å². The van der Waals surface area contributed by atoms with Crippen LogP contribution in [0.3, 0.4) is 0 Å². The third-order valence-electron chi connectivity index (χ3n) is 5.66. The van der Waals surface area contributed by atoms with Gasteiger partial charge in [-0.1, -0.05) is 29.8 Å².